The van der Waals surface area contributed by atoms with E-state index in [2.05, 4.69) is 17.0 Å². The number of carbonyl (C=O) groups is 1. The molecule has 1 aliphatic heterocycles. The summed E-state index contributed by atoms with van der Waals surface area (Å²) in [5, 5.41) is 0. The zero-order chi connectivity index (χ0) is 13.9. The number of rotatable bonds is 3. The predicted molar refractivity (Wildman–Crippen MR) is 79.7 cm³/mol. The second kappa shape index (κ2) is 5.86. The van der Waals surface area contributed by atoms with Crippen LogP contribution in [0.15, 0.2) is 30.3 Å². The number of carbonyl (C=O) groups excluding carboxylic acids is 1. The maximum atomic E-state index is 12.3. The number of anilines is 1. The van der Waals surface area contributed by atoms with Crippen LogP contribution in [0, 0.1) is 5.92 Å². The Kier molecular flexibility index (Phi) is 3.95. The van der Waals surface area contributed by atoms with Gasteiger partial charge in [-0.3, -0.25) is 0 Å². The van der Waals surface area contributed by atoms with E-state index in [1.54, 1.807) is 0 Å². The number of hydrogen-bond donors (Lipinski definition) is 0. The van der Waals surface area contributed by atoms with Gasteiger partial charge in [-0.1, -0.05) is 31.0 Å². The molecule has 1 aromatic rings. The molecule has 1 heterocycles. The van der Waals surface area contributed by atoms with Gasteiger partial charge in [0.2, 0.25) is 0 Å². The van der Waals surface area contributed by atoms with Gasteiger partial charge in [0, 0.05) is 11.7 Å². The lowest BCUT2D eigenvalue weighted by atomic mass is 9.84. The molecule has 1 aliphatic carbocycles. The molecule has 108 valence electrons. The lowest BCUT2D eigenvalue weighted by molar-refractivity contribution is -0.144. The van der Waals surface area contributed by atoms with Crippen molar-refractivity contribution >= 4 is 11.7 Å². The fraction of sp³-hybridized carbons (Fsp3) is 0.588. The Morgan fingerprint density at radius 2 is 2.00 bits per heavy atom. The Morgan fingerprint density at radius 3 is 2.75 bits per heavy atom. The third kappa shape index (κ3) is 2.41. The quantitative estimate of drug-likeness (QED) is 0.791. The highest BCUT2D eigenvalue weighted by atomic mass is 16.5. The Bertz CT molecular complexity index is 459. The highest BCUT2D eigenvalue weighted by molar-refractivity contribution is 5.81. The smallest absolute Gasteiger partial charge is 0.328 e. The molecule has 20 heavy (non-hydrogen) atoms. The topological polar surface area (TPSA) is 29.5 Å². The molecular weight excluding hydrogens is 250 g/mol. The first-order chi connectivity index (χ1) is 9.81. The van der Waals surface area contributed by atoms with E-state index in [1.165, 1.54) is 31.4 Å². The van der Waals surface area contributed by atoms with Crippen molar-refractivity contribution in [1.29, 1.82) is 0 Å². The van der Waals surface area contributed by atoms with Crippen LogP contribution >= 0.6 is 0 Å². The van der Waals surface area contributed by atoms with Crippen molar-refractivity contribution in [1.82, 2.24) is 0 Å². The van der Waals surface area contributed by atoms with E-state index in [0.29, 0.717) is 18.6 Å². The summed E-state index contributed by atoms with van der Waals surface area (Å²) >= 11 is 0. The fourth-order valence-electron chi connectivity index (χ4n) is 3.88. The molecule has 1 saturated carbocycles. The molecular formula is C17H23NO2. The van der Waals surface area contributed by atoms with E-state index >= 15 is 0 Å². The van der Waals surface area contributed by atoms with Crippen LogP contribution < -0.4 is 4.90 Å². The first-order valence-corrected chi connectivity index (χ1v) is 7.81. The van der Waals surface area contributed by atoms with Gasteiger partial charge >= 0.3 is 5.97 Å². The van der Waals surface area contributed by atoms with Gasteiger partial charge in [0.05, 0.1) is 6.61 Å². The molecule has 0 bridgehead atoms. The highest BCUT2D eigenvalue weighted by Gasteiger charge is 2.45. The number of hydrogen-bond acceptors (Lipinski definition) is 3. The summed E-state index contributed by atoms with van der Waals surface area (Å²) in [6.45, 7) is 2.35. The molecule has 2 aliphatic rings. The molecule has 0 spiro atoms. The van der Waals surface area contributed by atoms with Crippen molar-refractivity contribution in [2.24, 2.45) is 5.92 Å². The van der Waals surface area contributed by atoms with Gasteiger partial charge in [-0.05, 0) is 44.2 Å². The van der Waals surface area contributed by atoms with Crippen molar-refractivity contribution in [2.45, 2.75) is 51.1 Å². The van der Waals surface area contributed by atoms with Crippen LogP contribution in [-0.2, 0) is 9.53 Å². The molecule has 3 nitrogen and oxygen atoms in total. The molecule has 0 N–H and O–H groups in total. The minimum absolute atomic E-state index is 0.0502. The number of fused-ring (bicyclic) bond motifs is 1. The molecule has 3 rings (SSSR count). The van der Waals surface area contributed by atoms with E-state index in [1.807, 2.05) is 25.1 Å². The van der Waals surface area contributed by atoms with E-state index < -0.39 is 0 Å². The lowest BCUT2D eigenvalue weighted by Crippen LogP contribution is -2.43. The second-order valence-electron chi connectivity index (χ2n) is 5.86. The maximum absolute atomic E-state index is 12.3. The van der Waals surface area contributed by atoms with Crippen molar-refractivity contribution in [3.05, 3.63) is 30.3 Å². The molecule has 0 amide bonds. The lowest BCUT2D eigenvalue weighted by Gasteiger charge is -2.35. The molecule has 1 aromatic carbocycles. The Morgan fingerprint density at radius 1 is 1.25 bits per heavy atom. The molecule has 1 saturated heterocycles. The Labute approximate surface area is 120 Å². The number of benzene rings is 1. The Hall–Kier alpha value is -1.51. The summed E-state index contributed by atoms with van der Waals surface area (Å²) in [5.74, 6) is 0.601. The SMILES string of the molecule is CCOC(=O)[C@@H]1C[C@@H]2CCCC[C@@H]2N1c1ccccc1. The normalized spacial score (nSPS) is 29.1. The molecule has 0 unspecified atom stereocenters. The maximum Gasteiger partial charge on any atom is 0.328 e. The summed E-state index contributed by atoms with van der Waals surface area (Å²) in [7, 11) is 0. The van der Waals surface area contributed by atoms with Crippen LogP contribution in [0.1, 0.15) is 39.0 Å². The van der Waals surface area contributed by atoms with Crippen LogP contribution in [0.25, 0.3) is 0 Å². The van der Waals surface area contributed by atoms with E-state index in [4.69, 9.17) is 4.74 Å². The summed E-state index contributed by atoms with van der Waals surface area (Å²) in [6.07, 6.45) is 6.00. The van der Waals surface area contributed by atoms with Gasteiger partial charge < -0.3 is 9.64 Å². The molecule has 0 radical (unpaired) electrons. The standard InChI is InChI=1S/C17H23NO2/c1-2-20-17(19)16-12-13-8-6-7-11-15(13)18(16)14-9-4-3-5-10-14/h3-5,9-10,13,15-16H,2,6-8,11-12H2,1H3/t13-,15-,16-/m0/s1. The van der Waals surface area contributed by atoms with Crippen LogP contribution in [0.3, 0.4) is 0 Å². The Balaban J connectivity index is 1.89. The van der Waals surface area contributed by atoms with Crippen LogP contribution in [-0.4, -0.2) is 24.7 Å². The predicted octanol–water partition coefficient (Wildman–Crippen LogP) is 3.39. The number of nitrogens with zero attached hydrogens (tertiary/aromatic N) is 1. The zero-order valence-corrected chi connectivity index (χ0v) is 12.1. The number of ether oxygens (including phenoxy) is 1. The molecule has 3 heteroatoms. The largest absolute Gasteiger partial charge is 0.464 e. The summed E-state index contributed by atoms with van der Waals surface area (Å²) in [5.41, 5.74) is 1.17. The zero-order valence-electron chi connectivity index (χ0n) is 12.1. The van der Waals surface area contributed by atoms with Crippen molar-refractivity contribution in [3.8, 4) is 0 Å². The molecule has 0 aromatic heterocycles. The van der Waals surface area contributed by atoms with Gasteiger partial charge in [-0.2, -0.15) is 0 Å². The summed E-state index contributed by atoms with van der Waals surface area (Å²) in [6, 6.07) is 10.8. The first kappa shape index (κ1) is 13.5. The first-order valence-electron chi connectivity index (χ1n) is 7.81. The fourth-order valence-corrected chi connectivity index (χ4v) is 3.88. The van der Waals surface area contributed by atoms with Gasteiger partial charge in [-0.25, -0.2) is 4.79 Å². The molecule has 2 fully saturated rings. The van der Waals surface area contributed by atoms with Crippen LogP contribution in [0.5, 0.6) is 0 Å². The number of para-hydroxylation sites is 1. The van der Waals surface area contributed by atoms with E-state index in [0.717, 1.165) is 6.42 Å². The number of esters is 1. The van der Waals surface area contributed by atoms with Gasteiger partial charge in [-0.15, -0.1) is 0 Å². The van der Waals surface area contributed by atoms with E-state index in [-0.39, 0.29) is 12.0 Å². The summed E-state index contributed by atoms with van der Waals surface area (Å²) < 4.78 is 5.30. The van der Waals surface area contributed by atoms with Crippen LogP contribution in [0.2, 0.25) is 0 Å². The minimum atomic E-state index is -0.0922. The third-order valence-electron chi connectivity index (χ3n) is 4.70. The van der Waals surface area contributed by atoms with Crippen molar-refractivity contribution in [3.63, 3.8) is 0 Å². The molecule has 3 atom stereocenters. The average Bonchev–Trinajstić information content (AvgIpc) is 2.88. The monoisotopic (exact) mass is 273 g/mol. The third-order valence-corrected chi connectivity index (χ3v) is 4.70. The van der Waals surface area contributed by atoms with Crippen LogP contribution in [0.4, 0.5) is 5.69 Å². The van der Waals surface area contributed by atoms with Crippen molar-refractivity contribution < 1.29 is 9.53 Å². The van der Waals surface area contributed by atoms with Gasteiger partial charge in [0.25, 0.3) is 0 Å². The average molecular weight is 273 g/mol. The van der Waals surface area contributed by atoms with Gasteiger partial charge in [0.1, 0.15) is 6.04 Å². The highest BCUT2D eigenvalue weighted by Crippen LogP contribution is 2.42. The summed E-state index contributed by atoms with van der Waals surface area (Å²) in [4.78, 5) is 14.6. The second-order valence-corrected chi connectivity index (χ2v) is 5.86. The van der Waals surface area contributed by atoms with Crippen molar-refractivity contribution in [2.75, 3.05) is 11.5 Å². The van der Waals surface area contributed by atoms with E-state index in [9.17, 15) is 4.79 Å². The minimum Gasteiger partial charge on any atom is -0.464 e. The van der Waals surface area contributed by atoms with Gasteiger partial charge in [0.15, 0.2) is 0 Å².